The van der Waals surface area contributed by atoms with Crippen LogP contribution in [0.2, 0.25) is 0 Å². The monoisotopic (exact) mass is 260 g/mol. The fourth-order valence-corrected chi connectivity index (χ4v) is 2.01. The molecule has 0 fully saturated rings. The Labute approximate surface area is 111 Å². The van der Waals surface area contributed by atoms with Crippen LogP contribution in [0.4, 0.5) is 0 Å². The number of rotatable bonds is 4. The van der Waals surface area contributed by atoms with Gasteiger partial charge in [0.25, 0.3) is 0 Å². The summed E-state index contributed by atoms with van der Waals surface area (Å²) in [6.07, 6.45) is 0. The molecule has 100 valence electrons. The number of aromatic carboxylic acids is 1. The maximum atomic E-state index is 11.1. The molecule has 2 aromatic rings. The molecule has 5 heteroatoms. The van der Waals surface area contributed by atoms with Gasteiger partial charge in [0.2, 0.25) is 0 Å². The average Bonchev–Trinajstić information content (AvgIpc) is 2.82. The quantitative estimate of drug-likeness (QED) is 0.917. The van der Waals surface area contributed by atoms with Gasteiger partial charge in [-0.1, -0.05) is 0 Å². The topological polar surface area (TPSA) is 64.4 Å². The van der Waals surface area contributed by atoms with Gasteiger partial charge < -0.3 is 9.84 Å². The molecule has 0 aliphatic rings. The highest BCUT2D eigenvalue weighted by Crippen LogP contribution is 2.26. The lowest BCUT2D eigenvalue weighted by atomic mass is 10.1. The number of carboxylic acids is 1. The van der Waals surface area contributed by atoms with E-state index >= 15 is 0 Å². The number of benzene rings is 1. The molecule has 0 aliphatic heterocycles. The molecule has 0 radical (unpaired) electrons. The molecule has 5 nitrogen and oxygen atoms in total. The summed E-state index contributed by atoms with van der Waals surface area (Å²) in [6.45, 7) is 4.34. The first-order valence-electron chi connectivity index (χ1n) is 6.03. The minimum Gasteiger partial charge on any atom is -0.497 e. The third kappa shape index (κ3) is 2.45. The van der Waals surface area contributed by atoms with Crippen molar-refractivity contribution in [2.75, 3.05) is 7.11 Å². The van der Waals surface area contributed by atoms with Gasteiger partial charge >= 0.3 is 5.97 Å². The molecule has 2 rings (SSSR count). The van der Waals surface area contributed by atoms with Crippen molar-refractivity contribution in [1.82, 2.24) is 9.78 Å². The smallest absolute Gasteiger partial charge is 0.354 e. The zero-order valence-corrected chi connectivity index (χ0v) is 11.2. The summed E-state index contributed by atoms with van der Waals surface area (Å²) < 4.78 is 6.64. The van der Waals surface area contributed by atoms with Crippen molar-refractivity contribution in [3.8, 4) is 17.0 Å². The minimum atomic E-state index is -0.966. The van der Waals surface area contributed by atoms with Crippen LogP contribution in [-0.4, -0.2) is 28.0 Å². The first-order chi connectivity index (χ1) is 9.06. The lowest BCUT2D eigenvalue weighted by Gasteiger charge is -2.05. The van der Waals surface area contributed by atoms with Crippen LogP contribution < -0.4 is 4.74 Å². The molecule has 0 saturated heterocycles. The van der Waals surface area contributed by atoms with Crippen molar-refractivity contribution in [3.63, 3.8) is 0 Å². The van der Waals surface area contributed by atoms with Gasteiger partial charge in [-0.15, -0.1) is 0 Å². The molecule has 1 aromatic carbocycles. The van der Waals surface area contributed by atoms with Crippen molar-refractivity contribution in [1.29, 1.82) is 0 Å². The van der Waals surface area contributed by atoms with Crippen molar-refractivity contribution >= 4 is 5.97 Å². The first-order valence-corrected chi connectivity index (χ1v) is 6.03. The number of carboxylic acid groups (broad SMARTS) is 1. The average molecular weight is 260 g/mol. The zero-order chi connectivity index (χ0) is 14.0. The summed E-state index contributed by atoms with van der Waals surface area (Å²) in [7, 11) is 1.61. The van der Waals surface area contributed by atoms with E-state index in [1.54, 1.807) is 13.2 Å². The summed E-state index contributed by atoms with van der Waals surface area (Å²) in [4.78, 5) is 11.1. The van der Waals surface area contributed by atoms with E-state index in [9.17, 15) is 4.79 Å². The van der Waals surface area contributed by atoms with Crippen molar-refractivity contribution in [2.45, 2.75) is 20.4 Å². The van der Waals surface area contributed by atoms with Crippen LogP contribution in [0, 0.1) is 6.92 Å². The third-order valence-corrected chi connectivity index (χ3v) is 3.01. The summed E-state index contributed by atoms with van der Waals surface area (Å²) >= 11 is 0. The van der Waals surface area contributed by atoms with E-state index in [1.165, 1.54) is 4.68 Å². The van der Waals surface area contributed by atoms with E-state index in [1.807, 2.05) is 32.0 Å². The van der Waals surface area contributed by atoms with Crippen LogP contribution in [0.25, 0.3) is 11.3 Å². The number of methoxy groups -OCH3 is 1. The number of aryl methyl sites for hydroxylation is 2. The number of hydrogen-bond donors (Lipinski definition) is 1. The number of nitrogens with zero attached hydrogens (tertiary/aromatic N) is 2. The van der Waals surface area contributed by atoms with Crippen LogP contribution in [0.3, 0.4) is 0 Å². The van der Waals surface area contributed by atoms with Gasteiger partial charge in [0.05, 0.1) is 12.8 Å². The van der Waals surface area contributed by atoms with Gasteiger partial charge in [-0.2, -0.15) is 5.10 Å². The molecule has 0 bridgehead atoms. The molecule has 1 aromatic heterocycles. The maximum absolute atomic E-state index is 11.1. The third-order valence-electron chi connectivity index (χ3n) is 3.01. The summed E-state index contributed by atoms with van der Waals surface area (Å²) in [6, 6.07) is 7.23. The Kier molecular flexibility index (Phi) is 3.55. The van der Waals surface area contributed by atoms with Crippen molar-refractivity contribution in [3.05, 3.63) is 35.5 Å². The molecule has 1 N–H and O–H groups in total. The van der Waals surface area contributed by atoms with E-state index < -0.39 is 5.97 Å². The number of carbonyl (C=O) groups is 1. The fraction of sp³-hybridized carbons (Fsp3) is 0.286. The van der Waals surface area contributed by atoms with Crippen LogP contribution in [0.1, 0.15) is 23.0 Å². The van der Waals surface area contributed by atoms with Crippen LogP contribution in [0.15, 0.2) is 24.3 Å². The van der Waals surface area contributed by atoms with Gasteiger partial charge in [0.15, 0.2) is 0 Å². The van der Waals surface area contributed by atoms with Gasteiger partial charge in [-0.3, -0.25) is 4.68 Å². The second kappa shape index (κ2) is 5.14. The summed E-state index contributed by atoms with van der Waals surface area (Å²) in [5, 5.41) is 13.5. The maximum Gasteiger partial charge on any atom is 0.354 e. The molecule has 19 heavy (non-hydrogen) atoms. The molecule has 1 heterocycles. The Hall–Kier alpha value is -2.30. The summed E-state index contributed by atoms with van der Waals surface area (Å²) in [5.41, 5.74) is 2.78. The van der Waals surface area contributed by atoms with E-state index in [4.69, 9.17) is 9.84 Å². The number of aromatic nitrogens is 2. The highest BCUT2D eigenvalue weighted by atomic mass is 16.5. The minimum absolute atomic E-state index is 0.202. The van der Waals surface area contributed by atoms with Gasteiger partial charge in [0.1, 0.15) is 11.4 Å². The lowest BCUT2D eigenvalue weighted by molar-refractivity contribution is 0.0683. The lowest BCUT2D eigenvalue weighted by Crippen LogP contribution is -2.08. The highest BCUT2D eigenvalue weighted by Gasteiger charge is 2.15. The molecule has 0 aliphatic carbocycles. The van der Waals surface area contributed by atoms with E-state index in [-0.39, 0.29) is 5.69 Å². The van der Waals surface area contributed by atoms with E-state index in [2.05, 4.69) is 5.10 Å². The van der Waals surface area contributed by atoms with Crippen LogP contribution in [0.5, 0.6) is 5.75 Å². The van der Waals surface area contributed by atoms with Crippen molar-refractivity contribution < 1.29 is 14.6 Å². The SMILES string of the molecule is CCn1nc(-c2ccc(OC)cc2C)cc1C(=O)O. The van der Waals surface area contributed by atoms with E-state index in [0.29, 0.717) is 12.2 Å². The highest BCUT2D eigenvalue weighted by molar-refractivity contribution is 5.87. The molecule has 0 amide bonds. The van der Waals surface area contributed by atoms with Crippen LogP contribution >= 0.6 is 0 Å². The largest absolute Gasteiger partial charge is 0.497 e. The predicted octanol–water partition coefficient (Wildman–Crippen LogP) is 2.59. The van der Waals surface area contributed by atoms with Gasteiger partial charge in [-0.05, 0) is 43.7 Å². The van der Waals surface area contributed by atoms with E-state index in [0.717, 1.165) is 16.9 Å². The standard InChI is InChI=1S/C14H16N2O3/c1-4-16-13(14(17)18)8-12(15-16)11-6-5-10(19-3)7-9(11)2/h5-8H,4H2,1-3H3,(H,17,18). The molecule has 0 unspecified atom stereocenters. The second-order valence-electron chi connectivity index (χ2n) is 4.22. The number of hydrogen-bond acceptors (Lipinski definition) is 3. The fourth-order valence-electron chi connectivity index (χ4n) is 2.01. The molecule has 0 spiro atoms. The molecule has 0 atom stereocenters. The Bertz CT molecular complexity index is 617. The first kappa shape index (κ1) is 13.1. The molecular weight excluding hydrogens is 244 g/mol. The predicted molar refractivity (Wildman–Crippen MR) is 71.6 cm³/mol. The zero-order valence-electron chi connectivity index (χ0n) is 11.2. The Morgan fingerprint density at radius 1 is 1.42 bits per heavy atom. The van der Waals surface area contributed by atoms with Gasteiger partial charge in [0, 0.05) is 12.1 Å². The Morgan fingerprint density at radius 2 is 2.16 bits per heavy atom. The normalized spacial score (nSPS) is 10.5. The second-order valence-corrected chi connectivity index (χ2v) is 4.22. The Morgan fingerprint density at radius 3 is 2.63 bits per heavy atom. The van der Waals surface area contributed by atoms with Crippen molar-refractivity contribution in [2.24, 2.45) is 0 Å². The molecular formula is C14H16N2O3. The van der Waals surface area contributed by atoms with Gasteiger partial charge in [-0.25, -0.2) is 4.79 Å². The molecule has 0 saturated carbocycles. The van der Waals surface area contributed by atoms with Crippen LogP contribution in [-0.2, 0) is 6.54 Å². The summed E-state index contributed by atoms with van der Waals surface area (Å²) in [5.74, 6) is -0.193. The number of ether oxygens (including phenoxy) is 1. The Balaban J connectivity index is 2.50.